The first kappa shape index (κ1) is 16.7. The fourth-order valence-electron chi connectivity index (χ4n) is 2.31. The lowest BCUT2D eigenvalue weighted by molar-refractivity contribution is 0.0928. The Balaban J connectivity index is 2.45. The second kappa shape index (κ2) is 7.09. The van der Waals surface area contributed by atoms with E-state index in [4.69, 9.17) is 0 Å². The Labute approximate surface area is 135 Å². The van der Waals surface area contributed by atoms with Crippen LogP contribution in [0.15, 0.2) is 36.4 Å². The van der Waals surface area contributed by atoms with Crippen LogP contribution in [-0.2, 0) is 0 Å². The van der Waals surface area contributed by atoms with Gasteiger partial charge in [0.2, 0.25) is 0 Å². The Morgan fingerprint density at radius 2 is 1.74 bits per heavy atom. The van der Waals surface area contributed by atoms with Crippen molar-refractivity contribution in [2.45, 2.75) is 32.9 Å². The molecule has 0 aliphatic carbocycles. The van der Waals surface area contributed by atoms with Crippen molar-refractivity contribution in [1.29, 1.82) is 0 Å². The molecular weight excluding hydrogens is 292 g/mol. The number of amides is 2. The topological polar surface area (TPSA) is 76.0 Å². The van der Waals surface area contributed by atoms with E-state index >= 15 is 0 Å². The molecule has 2 aromatic rings. The maximum Gasteiger partial charge on any atom is 0.271 e. The van der Waals surface area contributed by atoms with E-state index in [0.29, 0.717) is 5.69 Å². The third kappa shape index (κ3) is 3.77. The van der Waals surface area contributed by atoms with E-state index in [1.54, 1.807) is 4.68 Å². The van der Waals surface area contributed by atoms with E-state index in [1.807, 2.05) is 51.1 Å². The Hall–Kier alpha value is -2.63. The monoisotopic (exact) mass is 314 g/mol. The van der Waals surface area contributed by atoms with Crippen LogP contribution in [0, 0.1) is 0 Å². The van der Waals surface area contributed by atoms with Crippen molar-refractivity contribution in [2.75, 3.05) is 7.05 Å². The van der Waals surface area contributed by atoms with Gasteiger partial charge in [-0.15, -0.1) is 0 Å². The van der Waals surface area contributed by atoms with Crippen LogP contribution < -0.4 is 10.6 Å². The van der Waals surface area contributed by atoms with Gasteiger partial charge in [0.1, 0.15) is 5.69 Å². The fraction of sp³-hybridized carbons (Fsp3) is 0.353. The van der Waals surface area contributed by atoms with Crippen LogP contribution >= 0.6 is 0 Å². The van der Waals surface area contributed by atoms with Crippen molar-refractivity contribution in [3.8, 4) is 0 Å². The third-order valence-corrected chi connectivity index (χ3v) is 3.50. The van der Waals surface area contributed by atoms with Crippen molar-refractivity contribution >= 4 is 11.8 Å². The zero-order chi connectivity index (χ0) is 17.0. The lowest BCUT2D eigenvalue weighted by atomic mass is 10.1. The third-order valence-electron chi connectivity index (χ3n) is 3.50. The molecule has 122 valence electrons. The van der Waals surface area contributed by atoms with Gasteiger partial charge in [0, 0.05) is 19.2 Å². The molecule has 1 heterocycles. The van der Waals surface area contributed by atoms with E-state index in [0.717, 1.165) is 5.56 Å². The van der Waals surface area contributed by atoms with Gasteiger partial charge in [0.05, 0.1) is 6.04 Å². The number of nitrogens with one attached hydrogen (secondary N) is 2. The number of nitrogens with zero attached hydrogens (tertiary/aromatic N) is 2. The summed E-state index contributed by atoms with van der Waals surface area (Å²) in [6, 6.07) is 11.1. The lowest BCUT2D eigenvalue weighted by Crippen LogP contribution is -2.32. The van der Waals surface area contributed by atoms with Gasteiger partial charge in [-0.2, -0.15) is 5.10 Å². The van der Waals surface area contributed by atoms with Gasteiger partial charge in [-0.25, -0.2) is 0 Å². The summed E-state index contributed by atoms with van der Waals surface area (Å²) in [5, 5.41) is 9.71. The number of carbonyl (C=O) groups excluding carboxylic acids is 2. The number of hydrogen-bond donors (Lipinski definition) is 2. The van der Waals surface area contributed by atoms with Gasteiger partial charge in [-0.3, -0.25) is 14.3 Å². The predicted octanol–water partition coefficient (Wildman–Crippen LogP) is 1.99. The maximum absolute atomic E-state index is 12.4. The predicted molar refractivity (Wildman–Crippen MR) is 88.5 cm³/mol. The molecule has 6 heteroatoms. The summed E-state index contributed by atoms with van der Waals surface area (Å²) in [6.07, 6.45) is 0. The van der Waals surface area contributed by atoms with Gasteiger partial charge < -0.3 is 10.6 Å². The van der Waals surface area contributed by atoms with E-state index in [-0.39, 0.29) is 29.6 Å². The summed E-state index contributed by atoms with van der Waals surface area (Å²) < 4.78 is 1.59. The molecule has 1 aromatic carbocycles. The zero-order valence-electron chi connectivity index (χ0n) is 13.8. The molecule has 0 bridgehead atoms. The molecule has 6 nitrogen and oxygen atoms in total. The second-order valence-corrected chi connectivity index (χ2v) is 5.65. The molecule has 1 aromatic heterocycles. The van der Waals surface area contributed by atoms with Crippen molar-refractivity contribution in [1.82, 2.24) is 20.4 Å². The Kier molecular flexibility index (Phi) is 5.16. The zero-order valence-corrected chi connectivity index (χ0v) is 13.8. The first-order chi connectivity index (χ1) is 10.9. The van der Waals surface area contributed by atoms with Gasteiger partial charge in [-0.1, -0.05) is 30.3 Å². The SMILES string of the molecule is CNC(=O)c1cc(C(=O)NC(C)C)n(C(C)c2ccccc2)n1. The van der Waals surface area contributed by atoms with Crippen molar-refractivity contribution in [3.05, 3.63) is 53.3 Å². The number of benzene rings is 1. The summed E-state index contributed by atoms with van der Waals surface area (Å²) in [5.41, 5.74) is 1.61. The quantitative estimate of drug-likeness (QED) is 0.886. The molecule has 0 radical (unpaired) electrons. The average molecular weight is 314 g/mol. The summed E-state index contributed by atoms with van der Waals surface area (Å²) in [4.78, 5) is 24.3. The first-order valence-corrected chi connectivity index (χ1v) is 7.61. The van der Waals surface area contributed by atoms with Gasteiger partial charge in [-0.05, 0) is 26.3 Å². The molecule has 2 rings (SSSR count). The second-order valence-electron chi connectivity index (χ2n) is 5.65. The number of aromatic nitrogens is 2. The summed E-state index contributed by atoms with van der Waals surface area (Å²) in [5.74, 6) is -0.562. The molecule has 0 saturated heterocycles. The van der Waals surface area contributed by atoms with Crippen molar-refractivity contribution < 1.29 is 9.59 Å². The fourth-order valence-corrected chi connectivity index (χ4v) is 2.31. The average Bonchev–Trinajstić information content (AvgIpc) is 2.99. The molecule has 2 amide bonds. The molecule has 0 spiro atoms. The highest BCUT2D eigenvalue weighted by Crippen LogP contribution is 2.20. The minimum absolute atomic E-state index is 0.00123. The van der Waals surface area contributed by atoms with Gasteiger partial charge >= 0.3 is 0 Å². The smallest absolute Gasteiger partial charge is 0.271 e. The first-order valence-electron chi connectivity index (χ1n) is 7.61. The Bertz CT molecular complexity index is 692. The normalized spacial score (nSPS) is 12.0. The van der Waals surface area contributed by atoms with Crippen LogP contribution in [-0.4, -0.2) is 34.7 Å². The lowest BCUT2D eigenvalue weighted by Gasteiger charge is -2.16. The van der Waals surface area contributed by atoms with E-state index < -0.39 is 0 Å². The Morgan fingerprint density at radius 3 is 2.30 bits per heavy atom. The molecule has 1 atom stereocenters. The highest BCUT2D eigenvalue weighted by atomic mass is 16.2. The highest BCUT2D eigenvalue weighted by Gasteiger charge is 2.22. The van der Waals surface area contributed by atoms with Crippen LogP contribution in [0.1, 0.15) is 53.4 Å². The van der Waals surface area contributed by atoms with Gasteiger partial charge in [0.25, 0.3) is 11.8 Å². The van der Waals surface area contributed by atoms with Crippen LogP contribution in [0.2, 0.25) is 0 Å². The maximum atomic E-state index is 12.4. The van der Waals surface area contributed by atoms with Crippen molar-refractivity contribution in [2.24, 2.45) is 0 Å². The summed E-state index contributed by atoms with van der Waals surface area (Å²) in [7, 11) is 1.54. The van der Waals surface area contributed by atoms with Crippen LogP contribution in [0.25, 0.3) is 0 Å². The minimum atomic E-state index is -0.317. The molecule has 0 saturated carbocycles. The van der Waals surface area contributed by atoms with Gasteiger partial charge in [0.15, 0.2) is 5.69 Å². The molecule has 0 fully saturated rings. The summed E-state index contributed by atoms with van der Waals surface area (Å²) in [6.45, 7) is 5.72. The molecule has 2 N–H and O–H groups in total. The van der Waals surface area contributed by atoms with Crippen molar-refractivity contribution in [3.63, 3.8) is 0 Å². The minimum Gasteiger partial charge on any atom is -0.354 e. The van der Waals surface area contributed by atoms with E-state index in [2.05, 4.69) is 15.7 Å². The molecule has 1 unspecified atom stereocenters. The Morgan fingerprint density at radius 1 is 1.09 bits per heavy atom. The number of rotatable bonds is 5. The van der Waals surface area contributed by atoms with Crippen LogP contribution in [0.3, 0.4) is 0 Å². The number of carbonyl (C=O) groups is 2. The highest BCUT2D eigenvalue weighted by molar-refractivity contribution is 5.98. The largest absolute Gasteiger partial charge is 0.354 e. The van der Waals surface area contributed by atoms with E-state index in [1.165, 1.54) is 13.1 Å². The standard InChI is InChI=1S/C17H22N4O2/c1-11(2)19-17(23)15-10-14(16(22)18-4)20-21(15)12(3)13-8-6-5-7-9-13/h5-12H,1-4H3,(H,18,22)(H,19,23). The molecule has 0 aliphatic heterocycles. The van der Waals surface area contributed by atoms with Crippen LogP contribution in [0.5, 0.6) is 0 Å². The molecule has 23 heavy (non-hydrogen) atoms. The number of hydrogen-bond acceptors (Lipinski definition) is 3. The van der Waals surface area contributed by atoms with E-state index in [9.17, 15) is 9.59 Å². The molecular formula is C17H22N4O2. The summed E-state index contributed by atoms with van der Waals surface area (Å²) >= 11 is 0. The van der Waals surface area contributed by atoms with Crippen LogP contribution in [0.4, 0.5) is 0 Å². The molecule has 0 aliphatic rings.